The van der Waals surface area contributed by atoms with Gasteiger partial charge in [-0.05, 0) is 42.7 Å². The van der Waals surface area contributed by atoms with Crippen LogP contribution in [0.1, 0.15) is 33.6 Å². The van der Waals surface area contributed by atoms with E-state index in [0.29, 0.717) is 5.41 Å². The topological polar surface area (TPSA) is 12.0 Å². The van der Waals surface area contributed by atoms with Crippen molar-refractivity contribution < 1.29 is 0 Å². The molecule has 1 aliphatic heterocycles. The third-order valence-electron chi connectivity index (χ3n) is 3.86. The lowest BCUT2D eigenvalue weighted by Gasteiger charge is -2.35. The summed E-state index contributed by atoms with van der Waals surface area (Å²) >= 11 is 0. The summed E-state index contributed by atoms with van der Waals surface area (Å²) in [4.78, 5) is 0. The first-order chi connectivity index (χ1) is 5.06. The Morgan fingerprint density at radius 2 is 2.09 bits per heavy atom. The third-order valence-corrected chi connectivity index (χ3v) is 3.86. The Morgan fingerprint density at radius 1 is 1.36 bits per heavy atom. The zero-order valence-electron chi connectivity index (χ0n) is 7.91. The molecule has 0 aromatic rings. The molecule has 0 amide bonds. The molecule has 0 aromatic heterocycles. The standard InChI is InChI=1S/C10H19N/c1-9(2,3)10-4-5-11-7-8(10)6-10/h8,11H,4-7H2,1-3H3. The van der Waals surface area contributed by atoms with E-state index in [0.717, 1.165) is 11.3 Å². The van der Waals surface area contributed by atoms with E-state index in [4.69, 9.17) is 0 Å². The summed E-state index contributed by atoms with van der Waals surface area (Å²) in [5, 5.41) is 3.47. The minimum atomic E-state index is 0.541. The number of fused-ring (bicyclic) bond motifs is 1. The minimum Gasteiger partial charge on any atom is -0.316 e. The second-order valence-corrected chi connectivity index (χ2v) is 5.26. The summed E-state index contributed by atoms with van der Waals surface area (Å²) in [5.41, 5.74) is 1.26. The first-order valence-electron chi connectivity index (χ1n) is 4.77. The smallest absolute Gasteiger partial charge is 0.00148 e. The minimum absolute atomic E-state index is 0.541. The van der Waals surface area contributed by atoms with E-state index in [2.05, 4.69) is 26.1 Å². The van der Waals surface area contributed by atoms with Gasteiger partial charge in [0, 0.05) is 0 Å². The van der Waals surface area contributed by atoms with Gasteiger partial charge in [0.1, 0.15) is 0 Å². The van der Waals surface area contributed by atoms with Gasteiger partial charge in [-0.3, -0.25) is 0 Å². The summed E-state index contributed by atoms with van der Waals surface area (Å²) in [5.74, 6) is 0.997. The van der Waals surface area contributed by atoms with Crippen molar-refractivity contribution in [2.24, 2.45) is 16.7 Å². The highest BCUT2D eigenvalue weighted by molar-refractivity contribution is 5.11. The zero-order chi connectivity index (χ0) is 8.11. The molecule has 1 saturated carbocycles. The number of hydrogen-bond acceptors (Lipinski definition) is 1. The largest absolute Gasteiger partial charge is 0.316 e. The second kappa shape index (κ2) is 2.01. The molecular formula is C10H19N. The summed E-state index contributed by atoms with van der Waals surface area (Å²) in [6.07, 6.45) is 2.88. The molecule has 1 aliphatic carbocycles. The van der Waals surface area contributed by atoms with Crippen LogP contribution in [-0.2, 0) is 0 Å². The van der Waals surface area contributed by atoms with Crippen LogP contribution in [0, 0.1) is 16.7 Å². The van der Waals surface area contributed by atoms with Gasteiger partial charge in [0.15, 0.2) is 0 Å². The Balaban J connectivity index is 2.13. The van der Waals surface area contributed by atoms with E-state index < -0.39 is 0 Å². The highest BCUT2D eigenvalue weighted by Gasteiger charge is 2.60. The maximum Gasteiger partial charge on any atom is -0.00148 e. The molecule has 2 aliphatic rings. The number of rotatable bonds is 0. The lowest BCUT2D eigenvalue weighted by molar-refractivity contribution is 0.158. The first kappa shape index (κ1) is 7.60. The Labute approximate surface area is 69.6 Å². The van der Waals surface area contributed by atoms with Crippen LogP contribution in [-0.4, -0.2) is 13.1 Å². The average molecular weight is 153 g/mol. The predicted molar refractivity (Wildman–Crippen MR) is 47.5 cm³/mol. The Morgan fingerprint density at radius 3 is 2.55 bits per heavy atom. The van der Waals surface area contributed by atoms with Gasteiger partial charge in [-0.2, -0.15) is 0 Å². The Bertz CT molecular complexity index is 168. The number of hydrogen-bond donors (Lipinski definition) is 1. The van der Waals surface area contributed by atoms with Gasteiger partial charge in [-0.1, -0.05) is 20.8 Å². The molecule has 2 atom stereocenters. The van der Waals surface area contributed by atoms with Crippen molar-refractivity contribution in [3.63, 3.8) is 0 Å². The summed E-state index contributed by atoms with van der Waals surface area (Å²) in [6.45, 7) is 9.72. The van der Waals surface area contributed by atoms with E-state index in [1.165, 1.54) is 25.9 Å². The lowest BCUT2D eigenvalue weighted by Crippen LogP contribution is -2.36. The van der Waals surface area contributed by atoms with Gasteiger partial charge < -0.3 is 5.32 Å². The molecule has 1 heteroatoms. The van der Waals surface area contributed by atoms with Crippen molar-refractivity contribution in [3.8, 4) is 0 Å². The highest BCUT2D eigenvalue weighted by Crippen LogP contribution is 2.66. The molecule has 64 valence electrons. The molecule has 0 aromatic carbocycles. The molecule has 2 unspecified atom stereocenters. The van der Waals surface area contributed by atoms with Crippen LogP contribution >= 0.6 is 0 Å². The summed E-state index contributed by atoms with van der Waals surface area (Å²) in [6, 6.07) is 0. The van der Waals surface area contributed by atoms with E-state index in [9.17, 15) is 0 Å². The molecule has 1 saturated heterocycles. The van der Waals surface area contributed by atoms with Crippen LogP contribution < -0.4 is 5.32 Å². The summed E-state index contributed by atoms with van der Waals surface area (Å²) in [7, 11) is 0. The van der Waals surface area contributed by atoms with Crippen molar-refractivity contribution in [1.82, 2.24) is 5.32 Å². The second-order valence-electron chi connectivity index (χ2n) is 5.26. The monoisotopic (exact) mass is 153 g/mol. The fourth-order valence-corrected chi connectivity index (χ4v) is 2.84. The first-order valence-corrected chi connectivity index (χ1v) is 4.77. The van der Waals surface area contributed by atoms with Crippen molar-refractivity contribution >= 4 is 0 Å². The summed E-state index contributed by atoms with van der Waals surface area (Å²) < 4.78 is 0. The molecule has 1 heterocycles. The third kappa shape index (κ3) is 0.936. The van der Waals surface area contributed by atoms with Gasteiger partial charge in [-0.25, -0.2) is 0 Å². The normalized spacial score (nSPS) is 43.4. The molecule has 0 spiro atoms. The molecular weight excluding hydrogens is 134 g/mol. The quantitative estimate of drug-likeness (QED) is 0.561. The van der Waals surface area contributed by atoms with Crippen molar-refractivity contribution in [2.75, 3.05) is 13.1 Å². The van der Waals surface area contributed by atoms with Crippen molar-refractivity contribution in [1.29, 1.82) is 0 Å². The number of piperidine rings is 1. The van der Waals surface area contributed by atoms with Crippen LogP contribution in [0.15, 0.2) is 0 Å². The van der Waals surface area contributed by atoms with Crippen LogP contribution in [0.25, 0.3) is 0 Å². The highest BCUT2D eigenvalue weighted by atomic mass is 14.9. The lowest BCUT2D eigenvalue weighted by atomic mass is 9.73. The van der Waals surface area contributed by atoms with Crippen LogP contribution in [0.2, 0.25) is 0 Å². The van der Waals surface area contributed by atoms with E-state index in [1.807, 2.05) is 0 Å². The van der Waals surface area contributed by atoms with Gasteiger partial charge in [0.2, 0.25) is 0 Å². The van der Waals surface area contributed by atoms with E-state index in [-0.39, 0.29) is 0 Å². The fourth-order valence-electron chi connectivity index (χ4n) is 2.84. The number of nitrogens with one attached hydrogen (secondary N) is 1. The van der Waals surface area contributed by atoms with Gasteiger partial charge in [0.05, 0.1) is 0 Å². The molecule has 11 heavy (non-hydrogen) atoms. The van der Waals surface area contributed by atoms with Crippen molar-refractivity contribution in [2.45, 2.75) is 33.6 Å². The predicted octanol–water partition coefficient (Wildman–Crippen LogP) is 2.03. The molecule has 0 bridgehead atoms. The molecule has 2 fully saturated rings. The molecule has 2 rings (SSSR count). The van der Waals surface area contributed by atoms with E-state index in [1.54, 1.807) is 0 Å². The van der Waals surface area contributed by atoms with Crippen LogP contribution in [0.4, 0.5) is 0 Å². The molecule has 0 radical (unpaired) electrons. The maximum absolute atomic E-state index is 3.47. The van der Waals surface area contributed by atoms with Gasteiger partial charge >= 0.3 is 0 Å². The van der Waals surface area contributed by atoms with Crippen LogP contribution in [0.5, 0.6) is 0 Å². The van der Waals surface area contributed by atoms with Crippen molar-refractivity contribution in [3.05, 3.63) is 0 Å². The van der Waals surface area contributed by atoms with E-state index >= 15 is 0 Å². The maximum atomic E-state index is 3.47. The zero-order valence-corrected chi connectivity index (χ0v) is 7.91. The van der Waals surface area contributed by atoms with Gasteiger partial charge in [0.25, 0.3) is 0 Å². The van der Waals surface area contributed by atoms with Gasteiger partial charge in [-0.15, -0.1) is 0 Å². The molecule has 1 nitrogen and oxygen atoms in total. The Kier molecular flexibility index (Phi) is 1.39. The fraction of sp³-hybridized carbons (Fsp3) is 1.00. The Hall–Kier alpha value is -0.0400. The molecule has 1 N–H and O–H groups in total. The van der Waals surface area contributed by atoms with Crippen LogP contribution in [0.3, 0.4) is 0 Å². The SMILES string of the molecule is CC(C)(C)C12CCNCC1C2. The average Bonchev–Trinajstić information content (AvgIpc) is 2.59.